The standard InChI is InChI=1S/C24H17Cl2NO3/c1-14-21(24(29)30-2)18(13-16-9-5-11-19(25)22(16)26)23(28)27(14)20-12-6-8-15-7-3-4-10-17(15)20/h3-13H,1-2H3/b18-13-. The van der Waals surface area contributed by atoms with E-state index in [1.165, 1.54) is 7.11 Å². The van der Waals surface area contributed by atoms with Crippen LogP contribution in [0.15, 0.2) is 77.5 Å². The fourth-order valence-electron chi connectivity index (χ4n) is 3.66. The minimum absolute atomic E-state index is 0.200. The number of nitrogens with zero attached hydrogens (tertiary/aromatic N) is 1. The zero-order chi connectivity index (χ0) is 21.4. The van der Waals surface area contributed by atoms with Crippen LogP contribution in [0.5, 0.6) is 0 Å². The highest BCUT2D eigenvalue weighted by Crippen LogP contribution is 2.39. The molecule has 3 aromatic rings. The van der Waals surface area contributed by atoms with Crippen LogP contribution in [0.4, 0.5) is 5.69 Å². The van der Waals surface area contributed by atoms with Gasteiger partial charge in [-0.05, 0) is 36.1 Å². The second-order valence-corrected chi connectivity index (χ2v) is 7.58. The molecular formula is C24H17Cl2NO3. The second-order valence-electron chi connectivity index (χ2n) is 6.79. The summed E-state index contributed by atoms with van der Waals surface area (Å²) in [5.41, 5.74) is 2.13. The molecule has 30 heavy (non-hydrogen) atoms. The van der Waals surface area contributed by atoms with Crippen molar-refractivity contribution < 1.29 is 14.3 Å². The van der Waals surface area contributed by atoms with E-state index in [2.05, 4.69) is 0 Å². The fraction of sp³-hybridized carbons (Fsp3) is 0.0833. The zero-order valence-corrected chi connectivity index (χ0v) is 17.8. The van der Waals surface area contributed by atoms with E-state index < -0.39 is 5.97 Å². The van der Waals surface area contributed by atoms with E-state index >= 15 is 0 Å². The van der Waals surface area contributed by atoms with Crippen LogP contribution < -0.4 is 4.90 Å². The van der Waals surface area contributed by atoms with Gasteiger partial charge in [-0.15, -0.1) is 0 Å². The van der Waals surface area contributed by atoms with Crippen molar-refractivity contribution in [3.05, 3.63) is 93.1 Å². The summed E-state index contributed by atoms with van der Waals surface area (Å²) in [6, 6.07) is 18.6. The summed E-state index contributed by atoms with van der Waals surface area (Å²) in [5.74, 6) is -0.923. The number of esters is 1. The molecule has 0 fully saturated rings. The molecule has 6 heteroatoms. The van der Waals surface area contributed by atoms with Crippen molar-refractivity contribution in [1.82, 2.24) is 0 Å². The van der Waals surface area contributed by atoms with Gasteiger partial charge in [-0.2, -0.15) is 0 Å². The monoisotopic (exact) mass is 437 g/mol. The molecule has 1 aliphatic heterocycles. The van der Waals surface area contributed by atoms with Gasteiger partial charge in [0, 0.05) is 11.1 Å². The Bertz CT molecular complexity index is 1260. The maximum Gasteiger partial charge on any atom is 0.340 e. The molecule has 0 bridgehead atoms. The third kappa shape index (κ3) is 3.28. The predicted molar refractivity (Wildman–Crippen MR) is 121 cm³/mol. The number of fused-ring (bicyclic) bond motifs is 1. The van der Waals surface area contributed by atoms with Crippen LogP contribution in [0.3, 0.4) is 0 Å². The van der Waals surface area contributed by atoms with Gasteiger partial charge in [0.05, 0.1) is 34.0 Å². The predicted octanol–water partition coefficient (Wildman–Crippen LogP) is 6.02. The van der Waals surface area contributed by atoms with E-state index in [1.807, 2.05) is 42.5 Å². The van der Waals surface area contributed by atoms with E-state index in [0.717, 1.165) is 10.8 Å². The molecule has 4 nitrogen and oxygen atoms in total. The SMILES string of the molecule is COC(=O)C1=C(C)N(c2cccc3ccccc23)C(=O)/C1=C\c1cccc(Cl)c1Cl. The van der Waals surface area contributed by atoms with Crippen LogP contribution >= 0.6 is 23.2 Å². The number of hydrogen-bond donors (Lipinski definition) is 0. The smallest absolute Gasteiger partial charge is 0.340 e. The van der Waals surface area contributed by atoms with Crippen LogP contribution in [-0.2, 0) is 14.3 Å². The summed E-state index contributed by atoms with van der Waals surface area (Å²) in [6.45, 7) is 1.73. The van der Waals surface area contributed by atoms with Crippen LogP contribution in [-0.4, -0.2) is 19.0 Å². The van der Waals surface area contributed by atoms with E-state index in [-0.39, 0.29) is 17.1 Å². The van der Waals surface area contributed by atoms with Gasteiger partial charge in [-0.1, -0.05) is 71.7 Å². The molecule has 0 atom stereocenters. The molecule has 1 aliphatic rings. The zero-order valence-electron chi connectivity index (χ0n) is 16.3. The molecule has 0 saturated heterocycles. The van der Waals surface area contributed by atoms with Crippen molar-refractivity contribution in [3.63, 3.8) is 0 Å². The highest BCUT2D eigenvalue weighted by Gasteiger charge is 2.38. The molecule has 4 rings (SSSR count). The number of allylic oxidation sites excluding steroid dienone is 1. The Morgan fingerprint density at radius 2 is 1.70 bits per heavy atom. The summed E-state index contributed by atoms with van der Waals surface area (Å²) in [7, 11) is 1.29. The minimum atomic E-state index is -0.590. The average Bonchev–Trinajstić information content (AvgIpc) is 3.00. The van der Waals surface area contributed by atoms with Crippen molar-refractivity contribution in [2.75, 3.05) is 12.0 Å². The Labute approximate surface area is 184 Å². The average molecular weight is 438 g/mol. The molecule has 1 amide bonds. The van der Waals surface area contributed by atoms with Crippen molar-refractivity contribution in [1.29, 1.82) is 0 Å². The van der Waals surface area contributed by atoms with E-state index in [9.17, 15) is 9.59 Å². The largest absolute Gasteiger partial charge is 0.465 e. The summed E-state index contributed by atoms with van der Waals surface area (Å²) in [6.07, 6.45) is 1.58. The van der Waals surface area contributed by atoms with Gasteiger partial charge in [0.1, 0.15) is 0 Å². The molecule has 1 heterocycles. The molecule has 0 N–H and O–H groups in total. The number of benzene rings is 3. The van der Waals surface area contributed by atoms with Crippen molar-refractivity contribution in [3.8, 4) is 0 Å². The van der Waals surface area contributed by atoms with Crippen molar-refractivity contribution in [2.24, 2.45) is 0 Å². The molecule has 3 aromatic carbocycles. The van der Waals surface area contributed by atoms with Crippen molar-refractivity contribution >= 4 is 57.6 Å². The van der Waals surface area contributed by atoms with E-state index in [4.69, 9.17) is 27.9 Å². The third-order valence-electron chi connectivity index (χ3n) is 5.08. The van der Waals surface area contributed by atoms with Gasteiger partial charge in [0.2, 0.25) is 0 Å². The first-order valence-electron chi connectivity index (χ1n) is 9.21. The Morgan fingerprint density at radius 3 is 2.47 bits per heavy atom. The van der Waals surface area contributed by atoms with Gasteiger partial charge >= 0.3 is 5.97 Å². The Kier molecular flexibility index (Phi) is 5.37. The molecule has 0 spiro atoms. The first-order chi connectivity index (χ1) is 14.4. The number of carbonyl (C=O) groups excluding carboxylic acids is 2. The maximum atomic E-state index is 13.5. The number of halogens is 2. The van der Waals surface area contributed by atoms with Gasteiger partial charge < -0.3 is 4.74 Å². The van der Waals surface area contributed by atoms with Crippen molar-refractivity contribution in [2.45, 2.75) is 6.92 Å². The Morgan fingerprint density at radius 1 is 1.00 bits per heavy atom. The van der Waals surface area contributed by atoms with Crippen LogP contribution in [0.1, 0.15) is 12.5 Å². The van der Waals surface area contributed by atoms with Crippen LogP contribution in [0.2, 0.25) is 10.0 Å². The molecule has 0 saturated carbocycles. The number of carbonyl (C=O) groups is 2. The number of hydrogen-bond acceptors (Lipinski definition) is 3. The summed E-state index contributed by atoms with van der Waals surface area (Å²) in [5, 5.41) is 2.57. The van der Waals surface area contributed by atoms with Gasteiger partial charge in [0.25, 0.3) is 5.91 Å². The highest BCUT2D eigenvalue weighted by molar-refractivity contribution is 6.43. The summed E-state index contributed by atoms with van der Waals surface area (Å²) < 4.78 is 4.97. The van der Waals surface area contributed by atoms with Gasteiger partial charge in [0.15, 0.2) is 0 Å². The lowest BCUT2D eigenvalue weighted by Crippen LogP contribution is -2.24. The topological polar surface area (TPSA) is 46.6 Å². The number of ether oxygens (including phenoxy) is 1. The summed E-state index contributed by atoms with van der Waals surface area (Å²) in [4.78, 5) is 27.7. The fourth-order valence-corrected chi connectivity index (χ4v) is 4.02. The third-order valence-corrected chi connectivity index (χ3v) is 5.91. The summed E-state index contributed by atoms with van der Waals surface area (Å²) >= 11 is 12.4. The van der Waals surface area contributed by atoms with Crippen LogP contribution in [0.25, 0.3) is 16.8 Å². The highest BCUT2D eigenvalue weighted by atomic mass is 35.5. The molecule has 0 aromatic heterocycles. The van der Waals surface area contributed by atoms with Gasteiger partial charge in [-0.3, -0.25) is 9.69 Å². The number of anilines is 1. The first-order valence-corrected chi connectivity index (χ1v) is 9.97. The first kappa shape index (κ1) is 20.2. The lowest BCUT2D eigenvalue weighted by atomic mass is 10.0. The van der Waals surface area contributed by atoms with Crippen LogP contribution in [0, 0.1) is 0 Å². The second kappa shape index (κ2) is 7.98. The lowest BCUT2D eigenvalue weighted by molar-refractivity contribution is -0.136. The number of amides is 1. The quantitative estimate of drug-likeness (QED) is 0.371. The molecule has 0 aliphatic carbocycles. The van der Waals surface area contributed by atoms with Gasteiger partial charge in [-0.25, -0.2) is 4.79 Å². The molecular weight excluding hydrogens is 421 g/mol. The number of methoxy groups -OCH3 is 1. The normalized spacial score (nSPS) is 15.4. The van der Waals surface area contributed by atoms with E-state index in [0.29, 0.717) is 27.0 Å². The Hall–Kier alpha value is -3.08. The minimum Gasteiger partial charge on any atom is -0.465 e. The molecule has 0 radical (unpaired) electrons. The molecule has 0 unspecified atom stereocenters. The number of rotatable bonds is 3. The Balaban J connectivity index is 1.94. The van der Waals surface area contributed by atoms with E-state index in [1.54, 1.807) is 36.1 Å². The molecule has 150 valence electrons. The lowest BCUT2D eigenvalue weighted by Gasteiger charge is -2.20. The maximum absolute atomic E-state index is 13.5.